The molecule has 5 heterocycles. The first kappa shape index (κ1) is 109. The number of halogens is 22. The van der Waals surface area contributed by atoms with E-state index in [9.17, 15) is 88.9 Å². The third-order valence-electron chi connectivity index (χ3n) is 24.8. The molecule has 0 unspecified atom stereocenters. The predicted molar refractivity (Wildman–Crippen MR) is 469 cm³/mol. The van der Waals surface area contributed by atoms with Gasteiger partial charge in [0.15, 0.2) is 23.1 Å². The lowest BCUT2D eigenvalue weighted by atomic mass is 9.71. The van der Waals surface area contributed by atoms with E-state index in [1.54, 1.807) is 12.1 Å². The van der Waals surface area contributed by atoms with Crippen LogP contribution in [0.25, 0.3) is 5.57 Å². The number of aliphatic hydroxyl groups excluding tert-OH is 1. The van der Waals surface area contributed by atoms with Crippen molar-refractivity contribution in [3.8, 4) is 34.5 Å². The van der Waals surface area contributed by atoms with Crippen molar-refractivity contribution in [3.05, 3.63) is 174 Å². The van der Waals surface area contributed by atoms with Crippen LogP contribution in [0.3, 0.4) is 0 Å². The Morgan fingerprint density at radius 2 is 0.662 bits per heavy atom. The van der Waals surface area contributed by atoms with Gasteiger partial charge in [-0.3, -0.25) is 4.79 Å². The number of nitrogens with two attached hydrogens (primary N) is 3. The van der Waals surface area contributed by atoms with Crippen LogP contribution >= 0.6 is 50.7 Å². The van der Waals surface area contributed by atoms with Gasteiger partial charge in [-0.1, -0.05) is 47.0 Å². The van der Waals surface area contributed by atoms with Gasteiger partial charge in [0.2, 0.25) is 0 Å². The van der Waals surface area contributed by atoms with Crippen LogP contribution < -0.4 is 45.6 Å². The molecular formula is C92H104BBrCl3F18N3O18. The number of ketones is 1. The predicted octanol–water partition coefficient (Wildman–Crippen LogP) is 25.8. The Morgan fingerprint density at radius 3 is 1.01 bits per heavy atom. The van der Waals surface area contributed by atoms with Crippen molar-refractivity contribution in [1.82, 2.24) is 0 Å². The van der Waals surface area contributed by atoms with Crippen molar-refractivity contribution in [1.29, 1.82) is 0 Å². The molecule has 0 bridgehead atoms. The maximum Gasteiger partial charge on any atom is 0.573 e. The van der Waals surface area contributed by atoms with E-state index in [0.29, 0.717) is 235 Å². The first-order valence-corrected chi connectivity index (χ1v) is 45.8. The number of benzene rings is 6. The zero-order chi connectivity index (χ0) is 99.3. The van der Waals surface area contributed by atoms with Crippen LogP contribution in [0.15, 0.2) is 131 Å². The minimum Gasteiger partial charge on any atom is -0.405 e. The number of aliphatic hydroxyl groups is 1. The number of allylic oxidation sites excluding steroid dienone is 2. The fraction of sp³-hybridized carbons (Fsp3) is 0.554. The third kappa shape index (κ3) is 32.5. The number of carbonyl (C=O) groups is 1. The number of rotatable bonds is 12. The molecule has 9 fully saturated rings. The van der Waals surface area contributed by atoms with Gasteiger partial charge in [-0.2, -0.15) is 0 Å². The molecule has 17 rings (SSSR count). The Labute approximate surface area is 796 Å². The number of carbonyl (C=O) groups excluding carboxylic acids is 1. The summed E-state index contributed by atoms with van der Waals surface area (Å²) >= 11 is 20.5. The number of nitrogen functional groups attached to an aromatic ring is 3. The molecule has 4 spiro atoms. The lowest BCUT2D eigenvalue weighted by Gasteiger charge is -2.36. The fourth-order valence-electron chi connectivity index (χ4n) is 17.6. The summed E-state index contributed by atoms with van der Waals surface area (Å²) in [4.78, 5) is 11.2. The second-order valence-electron chi connectivity index (χ2n) is 34.9. The van der Waals surface area contributed by atoms with E-state index in [4.69, 9.17) is 99.2 Å². The van der Waals surface area contributed by atoms with E-state index in [-0.39, 0.29) is 98.6 Å². The molecule has 0 radical (unpaired) electrons. The van der Waals surface area contributed by atoms with E-state index in [0.717, 1.165) is 30.9 Å². The largest absolute Gasteiger partial charge is 0.573 e. The summed E-state index contributed by atoms with van der Waals surface area (Å²) in [7, 11) is -0.219. The van der Waals surface area contributed by atoms with Crippen molar-refractivity contribution in [2.45, 2.75) is 271 Å². The van der Waals surface area contributed by atoms with Crippen molar-refractivity contribution in [3.63, 3.8) is 0 Å². The molecule has 21 nitrogen and oxygen atoms in total. The molecule has 6 aromatic rings. The number of alkyl halides is 18. The van der Waals surface area contributed by atoms with Gasteiger partial charge in [0.25, 0.3) is 0 Å². The second-order valence-corrected chi connectivity index (χ2v) is 37.0. The fourth-order valence-corrected chi connectivity index (χ4v) is 18.6. The lowest BCUT2D eigenvalue weighted by Crippen LogP contribution is -2.41. The lowest BCUT2D eigenvalue weighted by molar-refractivity contribution is -0.276. The molecule has 136 heavy (non-hydrogen) atoms. The molecule has 0 amide bonds. The molecule has 7 N–H and O–H groups in total. The SMILES string of the molecule is CC1(C)OB(C2=CCC3(CC2)OCCO3)OC1(C)C.FC(F)(F)Oc1ccc(Cl)cc1C1CCC2(CC1)OCCO2.Nc1ccc(OC(F)(F)F)c(Br)c1.Nc1ccc(OC(F)(F)F)c(C2=CCC3(CC2)OCCO3)c1.Nc1ccc(OC(F)(F)F)c(C2CCC3(CC2)OCCO3)c1.O=C1CCC(c2cc(Cl)ccc2OC(F)(F)F)CC1.OC1CCC(c2cc(Cl)ccc2OC(F)(F)F)CC1. The van der Waals surface area contributed by atoms with E-state index < -0.39 is 55.5 Å². The molecule has 5 aliphatic heterocycles. The molecule has 0 atom stereocenters. The van der Waals surface area contributed by atoms with Crippen molar-refractivity contribution >= 4 is 86.3 Å². The van der Waals surface area contributed by atoms with Crippen LogP contribution in [0, 0.1) is 0 Å². The Kier molecular flexibility index (Phi) is 36.4. The first-order chi connectivity index (χ1) is 63.5. The zero-order valence-electron chi connectivity index (χ0n) is 74.2. The van der Waals surface area contributed by atoms with Crippen LogP contribution in [-0.2, 0) is 52.0 Å². The summed E-state index contributed by atoms with van der Waals surface area (Å²) < 4.78 is 304. The Balaban J connectivity index is 0.000000153. The highest BCUT2D eigenvalue weighted by atomic mass is 79.9. The van der Waals surface area contributed by atoms with Crippen molar-refractivity contribution in [2.24, 2.45) is 0 Å². The quantitative estimate of drug-likeness (QED) is 0.0504. The first-order valence-electron chi connectivity index (χ1n) is 43.8. The smallest absolute Gasteiger partial charge is 0.405 e. The normalized spacial score (nSPS) is 22.3. The number of Topliss-reactive ketones (excluding diaryl/α,β-unsaturated/α-hetero) is 1. The maximum absolute atomic E-state index is 12.5. The Morgan fingerprint density at radius 1 is 0.360 bits per heavy atom. The molecule has 6 aromatic carbocycles. The monoisotopic (exact) mass is 2080 g/mol. The van der Waals surface area contributed by atoms with Crippen LogP contribution in [0.4, 0.5) is 96.1 Å². The van der Waals surface area contributed by atoms with Crippen LogP contribution in [-0.4, -0.2) is 149 Å². The van der Waals surface area contributed by atoms with Gasteiger partial charge < -0.3 is 97.9 Å². The molecule has 44 heteroatoms. The van der Waals surface area contributed by atoms with Crippen molar-refractivity contribution < 1.29 is 165 Å². The summed E-state index contributed by atoms with van der Waals surface area (Å²) in [5, 5.41) is 10.6. The van der Waals surface area contributed by atoms with Gasteiger partial charge in [0, 0.05) is 102 Å². The highest BCUT2D eigenvalue weighted by Crippen LogP contribution is 2.52. The third-order valence-corrected chi connectivity index (χ3v) is 26.1. The summed E-state index contributed by atoms with van der Waals surface area (Å²) in [5.74, 6) is -3.49. The Hall–Kier alpha value is -7.62. The summed E-state index contributed by atoms with van der Waals surface area (Å²) in [6.07, 6.45) is -10.7. The van der Waals surface area contributed by atoms with Gasteiger partial charge in [0.1, 0.15) is 40.3 Å². The molecule has 4 saturated carbocycles. The van der Waals surface area contributed by atoms with Gasteiger partial charge in [0.05, 0.1) is 74.6 Å². The number of anilines is 3. The number of ether oxygens (including phenoxy) is 14. The number of hydrogen-bond acceptors (Lipinski definition) is 21. The minimum absolute atomic E-state index is 0.0423. The van der Waals surface area contributed by atoms with Crippen LogP contribution in [0.5, 0.6) is 34.5 Å². The van der Waals surface area contributed by atoms with E-state index >= 15 is 0 Å². The van der Waals surface area contributed by atoms with Gasteiger partial charge in [-0.05, 0) is 287 Å². The average molecular weight is 2080 g/mol. The highest BCUT2D eigenvalue weighted by molar-refractivity contribution is 9.10. The van der Waals surface area contributed by atoms with E-state index in [1.165, 1.54) is 96.5 Å². The van der Waals surface area contributed by atoms with Crippen molar-refractivity contribution in [2.75, 3.05) is 70.1 Å². The summed E-state index contributed by atoms with van der Waals surface area (Å²) in [5.41, 5.74) is 21.6. The molecule has 6 aliphatic carbocycles. The molecule has 752 valence electrons. The molecular weight excluding hydrogens is 1970 g/mol. The van der Waals surface area contributed by atoms with Gasteiger partial charge in [-0.15, -0.1) is 79.0 Å². The Bertz CT molecular complexity index is 4900. The average Bonchev–Trinajstić information content (AvgIpc) is 1.60. The van der Waals surface area contributed by atoms with Gasteiger partial charge >= 0.3 is 45.3 Å². The minimum atomic E-state index is -4.74. The number of hydrogen-bond donors (Lipinski definition) is 4. The highest BCUT2D eigenvalue weighted by Gasteiger charge is 2.54. The van der Waals surface area contributed by atoms with Crippen LogP contribution in [0.1, 0.15) is 220 Å². The van der Waals surface area contributed by atoms with E-state index in [2.05, 4.69) is 78.1 Å². The summed E-state index contributed by atoms with van der Waals surface area (Å²) in [6, 6.07) is 24.7. The molecule has 5 saturated heterocycles. The zero-order valence-corrected chi connectivity index (χ0v) is 78.0. The standard InChI is InChI=1S/C15H16ClF3O3.C15H18F3NO3.C15H16F3NO3.C14H23BO4.C13H14ClF3O2.C13H12ClF3O2.C7H5BrF3NO/c16-11-1-2-13(22-15(17,18)19)12(9-11)10-3-5-14(6-4-10)20-7-8-21-14;2*16-15(17,18)22-13-2-1-11(19)9-12(13)10-3-5-14(6-4-10)20-7-8-21-14;1-12(2)13(3,4)19-15(18-12)11-5-7-14(8-6-11)16-9-10-17-14;2*14-9-3-6-12(19-13(15,16)17)11(7-9)8-1-4-10(18)5-2-8;8-5-3-4(12)1-2-6(5)13-7(9,10)11/h1-2,9-10H,3-8H2;1-2,9-10H,3-8,19H2;1-3,9H,4-8,19H2;5H,6-10H2,1-4H3;3,6-8,10,18H,1-2,4-5H2;3,6-8H,1-2,4-5H2;1-3H,12H2. The van der Waals surface area contributed by atoms with E-state index in [1.807, 2.05) is 6.08 Å². The topological polar surface area (TPSA) is 263 Å². The summed E-state index contributed by atoms with van der Waals surface area (Å²) in [6.45, 7) is 13.1. The maximum atomic E-state index is 12.5. The molecule has 11 aliphatic rings. The molecule has 0 aromatic heterocycles. The van der Waals surface area contributed by atoms with Crippen LogP contribution in [0.2, 0.25) is 15.1 Å². The van der Waals surface area contributed by atoms with Gasteiger partial charge in [-0.25, -0.2) is 0 Å². The second kappa shape index (κ2) is 45.5.